The van der Waals surface area contributed by atoms with Gasteiger partial charge in [-0.15, -0.1) is 0 Å². The van der Waals surface area contributed by atoms with Crippen molar-refractivity contribution in [3.63, 3.8) is 0 Å². The molecule has 0 aliphatic carbocycles. The number of anilines is 1. The van der Waals surface area contributed by atoms with Gasteiger partial charge in [-0.25, -0.2) is 4.79 Å². The predicted octanol–water partition coefficient (Wildman–Crippen LogP) is 2.73. The van der Waals surface area contributed by atoms with Gasteiger partial charge >= 0.3 is 11.9 Å². The number of hydrogen-bond donors (Lipinski definition) is 1. The van der Waals surface area contributed by atoms with Crippen LogP contribution >= 0.6 is 0 Å². The van der Waals surface area contributed by atoms with Crippen LogP contribution in [0.15, 0.2) is 54.6 Å². The number of Topliss-reactive ketones (excluding diaryl/α,β-unsaturated/α-hetero) is 1. The third-order valence-electron chi connectivity index (χ3n) is 4.39. The van der Waals surface area contributed by atoms with E-state index in [2.05, 4.69) is 5.32 Å². The van der Waals surface area contributed by atoms with Gasteiger partial charge in [-0.3, -0.25) is 9.59 Å². The van der Waals surface area contributed by atoms with Gasteiger partial charge in [0, 0.05) is 17.7 Å². The summed E-state index contributed by atoms with van der Waals surface area (Å²) in [7, 11) is 1.22. The molecule has 0 fully saturated rings. The number of hydrogen-bond acceptors (Lipinski definition) is 6. The summed E-state index contributed by atoms with van der Waals surface area (Å²) in [4.78, 5) is 37.2. The smallest absolute Gasteiger partial charge is 0.339 e. The first-order valence-electron chi connectivity index (χ1n) is 8.27. The number of esters is 2. The second kappa shape index (κ2) is 7.39. The summed E-state index contributed by atoms with van der Waals surface area (Å²) in [5, 5.41) is 2.95. The molecule has 134 valence electrons. The largest absolute Gasteiger partial charge is 0.467 e. The van der Waals surface area contributed by atoms with Crippen molar-refractivity contribution in [3.8, 4) is 0 Å². The fourth-order valence-corrected chi connectivity index (χ4v) is 3.00. The van der Waals surface area contributed by atoms with E-state index in [0.717, 1.165) is 5.56 Å². The predicted molar refractivity (Wildman–Crippen MR) is 94.6 cm³/mol. The second-order valence-corrected chi connectivity index (χ2v) is 6.04. The second-order valence-electron chi connectivity index (χ2n) is 6.04. The minimum Gasteiger partial charge on any atom is -0.467 e. The Morgan fingerprint density at radius 1 is 1.04 bits per heavy atom. The first kappa shape index (κ1) is 17.7. The Bertz CT molecular complexity index is 833. The number of para-hydroxylation sites is 1. The highest BCUT2D eigenvalue weighted by atomic mass is 16.5. The molecule has 26 heavy (non-hydrogen) atoms. The summed E-state index contributed by atoms with van der Waals surface area (Å²) in [5.74, 6) is -1.59. The Labute approximate surface area is 151 Å². The lowest BCUT2D eigenvalue weighted by Crippen LogP contribution is -2.50. The summed E-state index contributed by atoms with van der Waals surface area (Å²) in [5.41, 5.74) is 0.242. The van der Waals surface area contributed by atoms with E-state index in [4.69, 9.17) is 9.47 Å². The van der Waals surface area contributed by atoms with Gasteiger partial charge in [0.15, 0.2) is 5.54 Å². The maximum absolute atomic E-state index is 12.8. The number of methoxy groups -OCH3 is 1. The molecule has 0 amide bonds. The standard InChI is InChI=1S/C20H19NO5/c1-25-19(24)20(18(23)15-9-5-6-10-16(15)21-20)12-11-17(22)26-13-14-7-3-2-4-8-14/h2-10,21H,11-13H2,1H3. The summed E-state index contributed by atoms with van der Waals surface area (Å²) < 4.78 is 10.1. The summed E-state index contributed by atoms with van der Waals surface area (Å²) >= 11 is 0. The van der Waals surface area contributed by atoms with Gasteiger partial charge in [0.2, 0.25) is 5.78 Å². The molecule has 6 nitrogen and oxygen atoms in total. The van der Waals surface area contributed by atoms with E-state index in [1.807, 2.05) is 30.3 Å². The quantitative estimate of drug-likeness (QED) is 0.635. The molecule has 1 aliphatic heterocycles. The number of carbonyl (C=O) groups is 3. The van der Waals surface area contributed by atoms with Crippen molar-refractivity contribution in [1.29, 1.82) is 0 Å². The van der Waals surface area contributed by atoms with Crippen molar-refractivity contribution in [2.45, 2.75) is 25.0 Å². The lowest BCUT2D eigenvalue weighted by Gasteiger charge is -2.25. The minimum absolute atomic E-state index is 0.0409. The molecule has 3 rings (SSSR count). The van der Waals surface area contributed by atoms with Gasteiger partial charge < -0.3 is 14.8 Å². The molecule has 1 N–H and O–H groups in total. The van der Waals surface area contributed by atoms with Gasteiger partial charge in [-0.1, -0.05) is 42.5 Å². The first-order valence-corrected chi connectivity index (χ1v) is 8.27. The lowest BCUT2D eigenvalue weighted by molar-refractivity contribution is -0.147. The fraction of sp³-hybridized carbons (Fsp3) is 0.250. The molecule has 0 spiro atoms. The molecule has 1 unspecified atom stereocenters. The van der Waals surface area contributed by atoms with Gasteiger partial charge in [-0.05, 0) is 24.1 Å². The SMILES string of the molecule is COC(=O)C1(CCC(=O)OCc2ccccc2)Nc2ccccc2C1=O. The summed E-state index contributed by atoms with van der Waals surface area (Å²) in [6, 6.07) is 16.1. The van der Waals surface area contributed by atoms with Crippen molar-refractivity contribution in [2.75, 3.05) is 12.4 Å². The molecule has 0 bridgehead atoms. The number of carbonyl (C=O) groups excluding carboxylic acids is 3. The van der Waals surface area contributed by atoms with E-state index < -0.39 is 23.3 Å². The van der Waals surface area contributed by atoms with E-state index >= 15 is 0 Å². The van der Waals surface area contributed by atoms with Crippen LogP contribution in [0.4, 0.5) is 5.69 Å². The molecular formula is C20H19NO5. The monoisotopic (exact) mass is 353 g/mol. The zero-order chi connectivity index (χ0) is 18.6. The van der Waals surface area contributed by atoms with Gasteiger partial charge in [0.25, 0.3) is 0 Å². The highest BCUT2D eigenvalue weighted by molar-refractivity contribution is 6.24. The number of nitrogens with one attached hydrogen (secondary N) is 1. The molecule has 0 radical (unpaired) electrons. The van der Waals surface area contributed by atoms with Gasteiger partial charge in [0.05, 0.1) is 7.11 Å². The number of ether oxygens (including phenoxy) is 2. The third kappa shape index (κ3) is 3.31. The van der Waals surface area contributed by atoms with Crippen molar-refractivity contribution in [2.24, 2.45) is 0 Å². The lowest BCUT2D eigenvalue weighted by atomic mass is 9.88. The maximum Gasteiger partial charge on any atom is 0.339 e. The van der Waals surface area contributed by atoms with Gasteiger partial charge in [0.1, 0.15) is 6.61 Å². The van der Waals surface area contributed by atoms with E-state index in [0.29, 0.717) is 11.3 Å². The van der Waals surface area contributed by atoms with Crippen molar-refractivity contribution >= 4 is 23.4 Å². The Morgan fingerprint density at radius 3 is 2.42 bits per heavy atom. The molecule has 2 aromatic carbocycles. The van der Waals surface area contributed by atoms with Crippen LogP contribution in [-0.4, -0.2) is 30.4 Å². The Morgan fingerprint density at radius 2 is 1.73 bits per heavy atom. The molecule has 1 aliphatic rings. The number of rotatable bonds is 6. The average molecular weight is 353 g/mol. The van der Waals surface area contributed by atoms with Crippen molar-refractivity contribution < 1.29 is 23.9 Å². The number of fused-ring (bicyclic) bond motifs is 1. The summed E-state index contributed by atoms with van der Waals surface area (Å²) in [6.07, 6.45) is -0.129. The van der Waals surface area contributed by atoms with Crippen LogP contribution in [0.3, 0.4) is 0 Å². The molecule has 2 aromatic rings. The van der Waals surface area contributed by atoms with Crippen molar-refractivity contribution in [3.05, 3.63) is 65.7 Å². The zero-order valence-electron chi connectivity index (χ0n) is 14.4. The van der Waals surface area contributed by atoms with Crippen LogP contribution < -0.4 is 5.32 Å². The fourth-order valence-electron chi connectivity index (χ4n) is 3.00. The molecule has 0 aromatic heterocycles. The maximum atomic E-state index is 12.8. The normalized spacial score (nSPS) is 18.0. The minimum atomic E-state index is -1.59. The van der Waals surface area contributed by atoms with Crippen molar-refractivity contribution in [1.82, 2.24) is 0 Å². The van der Waals surface area contributed by atoms with E-state index in [-0.39, 0.29) is 19.4 Å². The third-order valence-corrected chi connectivity index (χ3v) is 4.39. The molecule has 1 atom stereocenters. The Balaban J connectivity index is 1.68. The first-order chi connectivity index (χ1) is 12.6. The van der Waals surface area contributed by atoms with Gasteiger partial charge in [-0.2, -0.15) is 0 Å². The molecule has 0 saturated heterocycles. The van der Waals surface area contributed by atoms with Crippen LogP contribution in [0.5, 0.6) is 0 Å². The number of benzene rings is 2. The number of ketones is 1. The average Bonchev–Trinajstić information content (AvgIpc) is 2.98. The highest BCUT2D eigenvalue weighted by Crippen LogP contribution is 2.36. The molecule has 1 heterocycles. The van der Waals surface area contributed by atoms with Crippen LogP contribution in [0.2, 0.25) is 0 Å². The molecule has 6 heteroatoms. The van der Waals surface area contributed by atoms with Crippen LogP contribution in [-0.2, 0) is 25.7 Å². The van der Waals surface area contributed by atoms with E-state index in [9.17, 15) is 14.4 Å². The van der Waals surface area contributed by atoms with Crippen LogP contribution in [0, 0.1) is 0 Å². The van der Waals surface area contributed by atoms with Crippen LogP contribution in [0.1, 0.15) is 28.8 Å². The summed E-state index contributed by atoms with van der Waals surface area (Å²) in [6.45, 7) is 0.145. The molecule has 0 saturated carbocycles. The van der Waals surface area contributed by atoms with Crippen LogP contribution in [0.25, 0.3) is 0 Å². The van der Waals surface area contributed by atoms with E-state index in [1.54, 1.807) is 24.3 Å². The topological polar surface area (TPSA) is 81.7 Å². The molecular weight excluding hydrogens is 334 g/mol. The Hall–Kier alpha value is -3.15. The van der Waals surface area contributed by atoms with E-state index in [1.165, 1.54) is 7.11 Å². The Kier molecular flexibility index (Phi) is 5.02. The zero-order valence-corrected chi connectivity index (χ0v) is 14.4. The highest BCUT2D eigenvalue weighted by Gasteiger charge is 2.52.